The molecule has 3 heterocycles. The maximum Gasteiger partial charge on any atom is 0.165 e. The topological polar surface area (TPSA) is 71.3 Å². The first-order chi connectivity index (χ1) is 14.4. The first-order valence-corrected chi connectivity index (χ1v) is 9.70. The molecule has 0 unspecified atom stereocenters. The molecule has 0 amide bonds. The highest BCUT2D eigenvalue weighted by Crippen LogP contribution is 2.27. The van der Waals surface area contributed by atoms with E-state index in [9.17, 15) is 4.39 Å². The molecule has 8 heteroatoms. The summed E-state index contributed by atoms with van der Waals surface area (Å²) < 4.78 is 32.4. The highest BCUT2D eigenvalue weighted by atomic mass is 19.1. The van der Waals surface area contributed by atoms with E-state index in [-0.39, 0.29) is 11.9 Å². The molecule has 0 radical (unpaired) electrons. The van der Waals surface area contributed by atoms with Gasteiger partial charge in [-0.2, -0.15) is 5.10 Å². The number of aromatic nitrogens is 4. The molecular weight excluding hydrogens is 387 g/mol. The van der Waals surface area contributed by atoms with Crippen molar-refractivity contribution < 1.29 is 18.6 Å². The zero-order chi connectivity index (χ0) is 20.9. The first kappa shape index (κ1) is 18.9. The van der Waals surface area contributed by atoms with Gasteiger partial charge < -0.3 is 14.2 Å². The third kappa shape index (κ3) is 3.48. The Morgan fingerprint density at radius 1 is 1.20 bits per heavy atom. The fraction of sp³-hybridized carbons (Fsp3) is 0.318. The molecule has 0 saturated carbocycles. The maximum absolute atomic E-state index is 14.1. The molecule has 2 aromatic carbocycles. The molecule has 5 rings (SSSR count). The Morgan fingerprint density at radius 3 is 2.80 bits per heavy atom. The number of hydrogen-bond donors (Lipinski definition) is 0. The molecule has 0 N–H and O–H groups in total. The standard InChI is InChI=1S/C22H21FN4O3/c1-22(2)29-12-15(30-22)11-27-10-14-7-18-19(8-17(14)26-27)25-20(9-24-18)13-4-5-21(28-3)16(23)6-13/h4-10,15H,11-12H2,1-3H3/t15-/m1/s1. The van der Waals surface area contributed by atoms with Crippen molar-refractivity contribution in [2.45, 2.75) is 32.3 Å². The van der Waals surface area contributed by atoms with Gasteiger partial charge in [-0.1, -0.05) is 0 Å². The average Bonchev–Trinajstić information content (AvgIpc) is 3.26. The summed E-state index contributed by atoms with van der Waals surface area (Å²) in [6, 6.07) is 8.59. The zero-order valence-electron chi connectivity index (χ0n) is 16.9. The molecule has 0 spiro atoms. The number of benzene rings is 2. The van der Waals surface area contributed by atoms with E-state index in [0.29, 0.717) is 29.9 Å². The number of halogens is 1. The molecule has 1 atom stereocenters. The summed E-state index contributed by atoms with van der Waals surface area (Å²) in [7, 11) is 1.44. The van der Waals surface area contributed by atoms with Gasteiger partial charge in [0, 0.05) is 17.1 Å². The molecule has 30 heavy (non-hydrogen) atoms. The molecule has 0 aliphatic carbocycles. The molecule has 1 fully saturated rings. The molecular formula is C22H21FN4O3. The van der Waals surface area contributed by atoms with Crippen molar-refractivity contribution in [2.24, 2.45) is 0 Å². The molecule has 1 saturated heterocycles. The zero-order valence-corrected chi connectivity index (χ0v) is 16.9. The third-order valence-corrected chi connectivity index (χ3v) is 5.12. The number of rotatable bonds is 4. The Kier molecular flexibility index (Phi) is 4.41. The van der Waals surface area contributed by atoms with Gasteiger partial charge >= 0.3 is 0 Å². The van der Waals surface area contributed by atoms with Crippen LogP contribution >= 0.6 is 0 Å². The first-order valence-electron chi connectivity index (χ1n) is 9.70. The lowest BCUT2D eigenvalue weighted by molar-refractivity contribution is -0.139. The minimum absolute atomic E-state index is 0.0449. The molecule has 7 nitrogen and oxygen atoms in total. The summed E-state index contributed by atoms with van der Waals surface area (Å²) in [6.45, 7) is 4.95. The second-order valence-electron chi connectivity index (χ2n) is 7.81. The number of methoxy groups -OCH3 is 1. The SMILES string of the molecule is COc1ccc(-c2cnc3cc4cn(C[C@@H]5COC(C)(C)O5)nc4cc3n2)cc1F. The summed E-state index contributed by atoms with van der Waals surface area (Å²) in [4.78, 5) is 9.17. The Balaban J connectivity index is 1.47. The second kappa shape index (κ2) is 7.00. The number of hydrogen-bond acceptors (Lipinski definition) is 6. The number of fused-ring (bicyclic) bond motifs is 2. The average molecular weight is 408 g/mol. The van der Waals surface area contributed by atoms with Crippen molar-refractivity contribution in [3.8, 4) is 17.0 Å². The van der Waals surface area contributed by atoms with Crippen molar-refractivity contribution in [2.75, 3.05) is 13.7 Å². The Hall–Kier alpha value is -3.10. The van der Waals surface area contributed by atoms with Gasteiger partial charge in [0.25, 0.3) is 0 Å². The lowest BCUT2D eigenvalue weighted by Crippen LogP contribution is -2.24. The summed E-state index contributed by atoms with van der Waals surface area (Å²) in [5.74, 6) is -0.802. The van der Waals surface area contributed by atoms with Crippen LogP contribution in [0, 0.1) is 5.82 Å². The van der Waals surface area contributed by atoms with E-state index in [0.717, 1.165) is 16.4 Å². The molecule has 0 bridgehead atoms. The highest BCUT2D eigenvalue weighted by molar-refractivity contribution is 5.93. The van der Waals surface area contributed by atoms with Crippen molar-refractivity contribution in [1.29, 1.82) is 0 Å². The van der Waals surface area contributed by atoms with E-state index < -0.39 is 11.6 Å². The summed E-state index contributed by atoms with van der Waals surface area (Å²) in [6.07, 6.45) is 3.57. The second-order valence-corrected chi connectivity index (χ2v) is 7.81. The van der Waals surface area contributed by atoms with Gasteiger partial charge in [-0.05, 0) is 44.2 Å². The van der Waals surface area contributed by atoms with Crippen LogP contribution in [0.1, 0.15) is 13.8 Å². The highest BCUT2D eigenvalue weighted by Gasteiger charge is 2.32. The van der Waals surface area contributed by atoms with Crippen LogP contribution in [0.3, 0.4) is 0 Å². The van der Waals surface area contributed by atoms with E-state index in [4.69, 9.17) is 14.2 Å². The molecule has 4 aromatic rings. The van der Waals surface area contributed by atoms with Gasteiger partial charge in [0.05, 0.1) is 48.7 Å². The van der Waals surface area contributed by atoms with Gasteiger partial charge in [0.1, 0.15) is 6.10 Å². The van der Waals surface area contributed by atoms with Crippen LogP contribution in [0.2, 0.25) is 0 Å². The fourth-order valence-electron chi connectivity index (χ4n) is 3.70. The summed E-state index contributed by atoms with van der Waals surface area (Å²) in [5, 5.41) is 5.62. The summed E-state index contributed by atoms with van der Waals surface area (Å²) in [5.41, 5.74) is 3.48. The minimum atomic E-state index is -0.558. The van der Waals surface area contributed by atoms with E-state index in [2.05, 4.69) is 15.1 Å². The Morgan fingerprint density at radius 2 is 2.07 bits per heavy atom. The van der Waals surface area contributed by atoms with E-state index in [1.807, 2.05) is 36.9 Å². The van der Waals surface area contributed by atoms with E-state index in [1.54, 1.807) is 18.3 Å². The molecule has 1 aliphatic rings. The predicted octanol–water partition coefficient (Wildman–Crippen LogP) is 3.95. The number of nitrogens with zero attached hydrogens (tertiary/aromatic N) is 4. The van der Waals surface area contributed by atoms with Crippen LogP contribution in [-0.4, -0.2) is 45.4 Å². The van der Waals surface area contributed by atoms with Gasteiger partial charge in [0.2, 0.25) is 0 Å². The van der Waals surface area contributed by atoms with Crippen LogP contribution in [0.5, 0.6) is 5.75 Å². The van der Waals surface area contributed by atoms with Gasteiger partial charge in [0.15, 0.2) is 17.4 Å². The van der Waals surface area contributed by atoms with Gasteiger partial charge in [-0.3, -0.25) is 9.67 Å². The van der Waals surface area contributed by atoms with Crippen LogP contribution in [0.4, 0.5) is 4.39 Å². The Bertz CT molecular complexity index is 1250. The lowest BCUT2D eigenvalue weighted by atomic mass is 10.1. The van der Waals surface area contributed by atoms with Crippen molar-refractivity contribution >= 4 is 21.9 Å². The van der Waals surface area contributed by atoms with Gasteiger partial charge in [-0.15, -0.1) is 0 Å². The van der Waals surface area contributed by atoms with Crippen molar-refractivity contribution in [3.63, 3.8) is 0 Å². The molecule has 2 aromatic heterocycles. The van der Waals surface area contributed by atoms with Crippen LogP contribution < -0.4 is 4.74 Å². The smallest absolute Gasteiger partial charge is 0.165 e. The molecule has 1 aliphatic heterocycles. The van der Waals surface area contributed by atoms with Crippen molar-refractivity contribution in [1.82, 2.24) is 19.7 Å². The van der Waals surface area contributed by atoms with Crippen LogP contribution in [-0.2, 0) is 16.0 Å². The summed E-state index contributed by atoms with van der Waals surface area (Å²) >= 11 is 0. The third-order valence-electron chi connectivity index (χ3n) is 5.12. The lowest BCUT2D eigenvalue weighted by Gasteiger charge is -2.16. The fourth-order valence-corrected chi connectivity index (χ4v) is 3.70. The molecule has 154 valence electrons. The quantitative estimate of drug-likeness (QED) is 0.509. The van der Waals surface area contributed by atoms with E-state index in [1.165, 1.54) is 13.2 Å². The monoisotopic (exact) mass is 408 g/mol. The largest absolute Gasteiger partial charge is 0.494 e. The normalized spacial score (nSPS) is 18.3. The maximum atomic E-state index is 14.1. The van der Waals surface area contributed by atoms with E-state index >= 15 is 0 Å². The van der Waals surface area contributed by atoms with Crippen LogP contribution in [0.25, 0.3) is 33.2 Å². The van der Waals surface area contributed by atoms with Gasteiger partial charge in [-0.25, -0.2) is 9.37 Å². The Labute approximate surface area is 172 Å². The predicted molar refractivity (Wildman–Crippen MR) is 110 cm³/mol. The number of ether oxygens (including phenoxy) is 3. The van der Waals surface area contributed by atoms with Crippen molar-refractivity contribution in [3.05, 3.63) is 48.5 Å². The minimum Gasteiger partial charge on any atom is -0.494 e. The van der Waals surface area contributed by atoms with Crippen LogP contribution in [0.15, 0.2) is 42.7 Å².